The molecule has 0 heterocycles. The van der Waals surface area contributed by atoms with Crippen molar-refractivity contribution < 1.29 is 0 Å². The molecule has 0 spiro atoms. The van der Waals surface area contributed by atoms with Gasteiger partial charge in [0, 0.05) is 5.41 Å². The zero-order chi connectivity index (χ0) is 46.8. The van der Waals surface area contributed by atoms with E-state index in [9.17, 15) is 0 Å². The Kier molecular flexibility index (Phi) is 10.7. The molecule has 0 radical (unpaired) electrons. The average Bonchev–Trinajstić information content (AvgIpc) is 3.94. The van der Waals surface area contributed by atoms with E-state index in [4.69, 9.17) is 0 Å². The van der Waals surface area contributed by atoms with Gasteiger partial charge in [-0.15, -0.1) is 0 Å². The molecule has 0 saturated carbocycles. The lowest BCUT2D eigenvalue weighted by Crippen LogP contribution is -2.28. The van der Waals surface area contributed by atoms with Crippen molar-refractivity contribution >= 4 is 0 Å². The molecule has 3 unspecified atom stereocenters. The van der Waals surface area contributed by atoms with Crippen LogP contribution in [-0.4, -0.2) is 0 Å². The Morgan fingerprint density at radius 3 is 1.84 bits per heavy atom. The Labute approximate surface area is 404 Å². The second-order valence-electron chi connectivity index (χ2n) is 19.9. The maximum absolute atomic E-state index is 4.67. The van der Waals surface area contributed by atoms with E-state index in [2.05, 4.69) is 242 Å². The first-order valence-electron chi connectivity index (χ1n) is 24.6. The van der Waals surface area contributed by atoms with E-state index in [1.807, 2.05) is 6.08 Å². The van der Waals surface area contributed by atoms with Gasteiger partial charge in [-0.25, -0.2) is 0 Å². The number of hydrogen-bond acceptors (Lipinski definition) is 0. The number of fused-ring (bicyclic) bond motifs is 9. The fourth-order valence-electron chi connectivity index (χ4n) is 13.2. The van der Waals surface area contributed by atoms with E-state index >= 15 is 0 Å². The Balaban J connectivity index is 0.954. The van der Waals surface area contributed by atoms with Crippen LogP contribution in [0.4, 0.5) is 0 Å². The Hall–Kier alpha value is -7.28. The Morgan fingerprint density at radius 1 is 0.544 bits per heavy atom. The fourth-order valence-corrected chi connectivity index (χ4v) is 13.2. The van der Waals surface area contributed by atoms with Crippen molar-refractivity contribution in [2.75, 3.05) is 0 Å². The van der Waals surface area contributed by atoms with E-state index in [1.165, 1.54) is 111 Å². The molecular weight excluding hydrogens is 817 g/mol. The first-order chi connectivity index (χ1) is 33.2. The van der Waals surface area contributed by atoms with E-state index in [1.54, 1.807) is 0 Å². The van der Waals surface area contributed by atoms with Gasteiger partial charge >= 0.3 is 0 Å². The predicted octanol–water partition coefficient (Wildman–Crippen LogP) is 16.9. The first kappa shape index (κ1) is 43.3. The molecule has 0 heteroatoms. The number of allylic oxidation sites excluding steroid dienone is 6. The molecule has 0 amide bonds. The van der Waals surface area contributed by atoms with Crippen LogP contribution >= 0.6 is 0 Å². The van der Waals surface area contributed by atoms with Crippen molar-refractivity contribution in [3.8, 4) is 33.4 Å². The molecule has 11 rings (SSSR count). The predicted molar refractivity (Wildman–Crippen MR) is 288 cm³/mol. The van der Waals surface area contributed by atoms with Gasteiger partial charge < -0.3 is 0 Å². The molecule has 3 aliphatic carbocycles. The van der Waals surface area contributed by atoms with Crippen LogP contribution in [0.1, 0.15) is 99.5 Å². The lowest BCUT2D eigenvalue weighted by molar-refractivity contribution is 0.530. The van der Waals surface area contributed by atoms with Crippen LogP contribution in [0.3, 0.4) is 0 Å². The standard InChI is InChI=1S/C68H60/c1-8-18-47(5)67(48(6)19-9-2)60-27-14-11-23-55(60)58-44-50(36-41-62(58)67)33-32-49-34-39-53(40-35-49)68(52-37-30-45(3)31-38-52)61-28-15-12-24-57(61)64-51(21-17-29-63(64)68)42-43-66(7)59-26-13-10-22-54(59)56-25-16-20-46(4)65(56)66/h8-31,34-41,44H,1,6,32-33,42-43H2,2-5,7H3. The van der Waals surface area contributed by atoms with Gasteiger partial charge in [-0.1, -0.05) is 231 Å². The summed E-state index contributed by atoms with van der Waals surface area (Å²) < 4.78 is 0. The number of hydrogen-bond donors (Lipinski definition) is 0. The summed E-state index contributed by atoms with van der Waals surface area (Å²) in [6.07, 6.45) is 12.2. The zero-order valence-corrected chi connectivity index (χ0v) is 40.3. The first-order valence-corrected chi connectivity index (χ1v) is 24.6. The molecule has 8 aromatic rings. The highest BCUT2D eigenvalue weighted by Gasteiger charge is 2.48. The normalized spacial score (nSPS) is 19.5. The van der Waals surface area contributed by atoms with Crippen molar-refractivity contribution in [2.24, 2.45) is 0 Å². The van der Waals surface area contributed by atoms with Gasteiger partial charge in [-0.2, -0.15) is 0 Å². The summed E-state index contributed by atoms with van der Waals surface area (Å²) in [5.74, 6) is 0. The van der Waals surface area contributed by atoms with Gasteiger partial charge in [0.05, 0.1) is 10.8 Å². The van der Waals surface area contributed by atoms with E-state index in [0.717, 1.165) is 31.3 Å². The molecular formula is C68H60. The summed E-state index contributed by atoms with van der Waals surface area (Å²) >= 11 is 0. The van der Waals surface area contributed by atoms with Crippen LogP contribution in [0.5, 0.6) is 0 Å². The molecule has 68 heavy (non-hydrogen) atoms. The third kappa shape index (κ3) is 6.34. The van der Waals surface area contributed by atoms with Crippen molar-refractivity contribution in [3.63, 3.8) is 0 Å². The quantitative estimate of drug-likeness (QED) is 0.107. The summed E-state index contributed by atoms with van der Waals surface area (Å²) in [6.45, 7) is 20.0. The van der Waals surface area contributed by atoms with E-state index in [-0.39, 0.29) is 5.41 Å². The van der Waals surface area contributed by atoms with Crippen molar-refractivity contribution in [3.05, 3.63) is 297 Å². The van der Waals surface area contributed by atoms with Crippen LogP contribution in [0.15, 0.2) is 225 Å². The highest BCUT2D eigenvalue weighted by Crippen LogP contribution is 2.59. The van der Waals surface area contributed by atoms with Gasteiger partial charge in [0.2, 0.25) is 0 Å². The molecule has 0 nitrogen and oxygen atoms in total. The largest absolute Gasteiger partial charge is 0.0991 e. The summed E-state index contributed by atoms with van der Waals surface area (Å²) in [5.41, 5.74) is 27.1. The molecule has 3 aliphatic rings. The number of rotatable bonds is 12. The van der Waals surface area contributed by atoms with Crippen LogP contribution in [0, 0.1) is 13.8 Å². The minimum absolute atomic E-state index is 0.0833. The lowest BCUT2D eigenvalue weighted by atomic mass is 9.67. The van der Waals surface area contributed by atoms with Gasteiger partial charge in [0.25, 0.3) is 0 Å². The summed E-state index contributed by atoms with van der Waals surface area (Å²) in [4.78, 5) is 0. The Morgan fingerprint density at radius 2 is 1.12 bits per heavy atom. The third-order valence-corrected chi connectivity index (χ3v) is 16.2. The molecule has 0 fully saturated rings. The smallest absolute Gasteiger partial charge is 0.0713 e. The van der Waals surface area contributed by atoms with Gasteiger partial charge in [0.15, 0.2) is 0 Å². The molecule has 0 saturated heterocycles. The zero-order valence-electron chi connectivity index (χ0n) is 40.3. The molecule has 0 aromatic heterocycles. The van der Waals surface area contributed by atoms with Crippen LogP contribution in [-0.2, 0) is 35.5 Å². The van der Waals surface area contributed by atoms with Crippen LogP contribution in [0.2, 0.25) is 0 Å². The monoisotopic (exact) mass is 876 g/mol. The minimum Gasteiger partial charge on any atom is -0.0991 e. The van der Waals surface area contributed by atoms with Gasteiger partial charge in [-0.05, 0) is 159 Å². The molecule has 0 bridgehead atoms. The SMILES string of the molecule is C=CC=C(C)C1(C(=C)C=CC)c2ccccc2-c2cc(CCc3ccc(C4(c5ccc(C)cc5)c5ccccc5-c5c(CCC6(C)c7ccccc7-c7cccc(C)c76)cccc54)cc3)ccc21. The maximum atomic E-state index is 4.67. The molecule has 3 atom stereocenters. The third-order valence-electron chi connectivity index (χ3n) is 16.2. The van der Waals surface area contributed by atoms with Crippen molar-refractivity contribution in [1.29, 1.82) is 0 Å². The summed E-state index contributed by atoms with van der Waals surface area (Å²) in [7, 11) is 0. The second-order valence-corrected chi connectivity index (χ2v) is 19.9. The van der Waals surface area contributed by atoms with Crippen LogP contribution < -0.4 is 0 Å². The van der Waals surface area contributed by atoms with E-state index < -0.39 is 10.8 Å². The Bertz CT molecular complexity index is 3370. The second kappa shape index (κ2) is 16.8. The summed E-state index contributed by atoms with van der Waals surface area (Å²) in [6, 6.07) is 67.4. The highest BCUT2D eigenvalue weighted by molar-refractivity contribution is 5.89. The average molecular weight is 877 g/mol. The summed E-state index contributed by atoms with van der Waals surface area (Å²) in [5, 5.41) is 0. The minimum atomic E-state index is -0.462. The van der Waals surface area contributed by atoms with Crippen molar-refractivity contribution in [2.45, 2.75) is 76.5 Å². The maximum Gasteiger partial charge on any atom is 0.0713 e. The number of benzene rings is 8. The molecule has 332 valence electrons. The molecule has 8 aromatic carbocycles. The van der Waals surface area contributed by atoms with Gasteiger partial charge in [-0.3, -0.25) is 0 Å². The highest BCUT2D eigenvalue weighted by atomic mass is 14.5. The topological polar surface area (TPSA) is 0 Å². The van der Waals surface area contributed by atoms with Crippen LogP contribution in [0.25, 0.3) is 33.4 Å². The van der Waals surface area contributed by atoms with E-state index in [0.29, 0.717) is 0 Å². The van der Waals surface area contributed by atoms with Crippen molar-refractivity contribution in [1.82, 2.24) is 0 Å². The van der Waals surface area contributed by atoms with Gasteiger partial charge in [0.1, 0.15) is 0 Å². The number of aryl methyl sites for hydroxylation is 5. The molecule has 0 N–H and O–H groups in total. The fraction of sp³-hybridized carbons (Fsp3) is 0.176. The lowest BCUT2D eigenvalue weighted by Gasteiger charge is -2.34. The molecule has 0 aliphatic heterocycles.